The Morgan fingerprint density at radius 3 is 0.775 bits per heavy atom. The van der Waals surface area contributed by atoms with Crippen molar-refractivity contribution >= 4 is 17.9 Å². The fraction of sp³-hybridized carbons (Fsp3) is 0.770. The molecular formula is C74H130O6. The van der Waals surface area contributed by atoms with Crippen molar-refractivity contribution in [1.29, 1.82) is 0 Å². The molecule has 1 unspecified atom stereocenters. The molecule has 0 saturated heterocycles. The Bertz CT molecular complexity index is 1520. The summed E-state index contributed by atoms with van der Waals surface area (Å²) in [7, 11) is 0. The lowest BCUT2D eigenvalue weighted by Crippen LogP contribution is -2.30. The molecule has 0 aliphatic rings. The highest BCUT2D eigenvalue weighted by molar-refractivity contribution is 5.71. The van der Waals surface area contributed by atoms with Gasteiger partial charge in [-0.25, -0.2) is 0 Å². The minimum absolute atomic E-state index is 0.0790. The van der Waals surface area contributed by atoms with Gasteiger partial charge in [-0.3, -0.25) is 14.4 Å². The van der Waals surface area contributed by atoms with Crippen molar-refractivity contribution in [3.05, 3.63) is 85.1 Å². The van der Waals surface area contributed by atoms with E-state index >= 15 is 0 Å². The van der Waals surface area contributed by atoms with Crippen LogP contribution in [-0.4, -0.2) is 37.2 Å². The van der Waals surface area contributed by atoms with Crippen LogP contribution < -0.4 is 0 Å². The number of esters is 3. The van der Waals surface area contributed by atoms with Gasteiger partial charge in [0.05, 0.1) is 0 Å². The smallest absolute Gasteiger partial charge is 0.306 e. The van der Waals surface area contributed by atoms with Crippen LogP contribution in [0.2, 0.25) is 0 Å². The number of ether oxygens (including phenoxy) is 3. The van der Waals surface area contributed by atoms with Crippen LogP contribution >= 0.6 is 0 Å². The molecule has 1 atom stereocenters. The highest BCUT2D eigenvalue weighted by Gasteiger charge is 2.19. The maximum Gasteiger partial charge on any atom is 0.306 e. The molecule has 6 heteroatoms. The maximum absolute atomic E-state index is 13.0. The summed E-state index contributed by atoms with van der Waals surface area (Å²) in [6.07, 6.45) is 90.3. The van der Waals surface area contributed by atoms with Crippen LogP contribution in [0.5, 0.6) is 0 Å². The number of allylic oxidation sites excluding steroid dienone is 14. The van der Waals surface area contributed by atoms with Gasteiger partial charge in [0.25, 0.3) is 0 Å². The highest BCUT2D eigenvalue weighted by Crippen LogP contribution is 2.17. The van der Waals surface area contributed by atoms with Crippen molar-refractivity contribution < 1.29 is 28.6 Å². The van der Waals surface area contributed by atoms with E-state index in [9.17, 15) is 14.4 Å². The molecule has 0 bridgehead atoms. The van der Waals surface area contributed by atoms with Gasteiger partial charge < -0.3 is 14.2 Å². The molecule has 0 spiro atoms. The van der Waals surface area contributed by atoms with Gasteiger partial charge in [0, 0.05) is 19.3 Å². The Labute approximate surface area is 496 Å². The summed E-state index contributed by atoms with van der Waals surface area (Å²) in [5.74, 6) is -0.876. The van der Waals surface area contributed by atoms with E-state index in [-0.39, 0.29) is 31.1 Å². The van der Waals surface area contributed by atoms with Gasteiger partial charge >= 0.3 is 17.9 Å². The van der Waals surface area contributed by atoms with Gasteiger partial charge in [-0.2, -0.15) is 0 Å². The van der Waals surface area contributed by atoms with Gasteiger partial charge in [0.15, 0.2) is 6.10 Å². The van der Waals surface area contributed by atoms with Gasteiger partial charge in [0.2, 0.25) is 0 Å². The van der Waals surface area contributed by atoms with Crippen LogP contribution in [-0.2, 0) is 28.6 Å². The van der Waals surface area contributed by atoms with Crippen LogP contribution in [0, 0.1) is 0 Å². The molecule has 0 aromatic heterocycles. The molecule has 80 heavy (non-hydrogen) atoms. The maximum atomic E-state index is 13.0. The predicted octanol–water partition coefficient (Wildman–Crippen LogP) is 23.8. The molecule has 0 aromatic carbocycles. The van der Waals surface area contributed by atoms with E-state index in [4.69, 9.17) is 14.2 Å². The van der Waals surface area contributed by atoms with E-state index in [1.165, 1.54) is 212 Å². The average Bonchev–Trinajstić information content (AvgIpc) is 3.46. The average molecular weight is 1120 g/mol. The second kappa shape index (κ2) is 68.1. The molecule has 0 rings (SSSR count). The van der Waals surface area contributed by atoms with Gasteiger partial charge in [-0.15, -0.1) is 0 Å². The Balaban J connectivity index is 4.31. The van der Waals surface area contributed by atoms with Crippen molar-refractivity contribution in [1.82, 2.24) is 0 Å². The van der Waals surface area contributed by atoms with Crippen molar-refractivity contribution in [2.45, 2.75) is 354 Å². The Kier molecular flexibility index (Phi) is 65.2. The zero-order chi connectivity index (χ0) is 57.8. The van der Waals surface area contributed by atoms with Crippen molar-refractivity contribution in [2.24, 2.45) is 0 Å². The Hall–Kier alpha value is -3.41. The van der Waals surface area contributed by atoms with E-state index < -0.39 is 6.10 Å². The molecule has 0 aliphatic heterocycles. The number of hydrogen-bond acceptors (Lipinski definition) is 6. The van der Waals surface area contributed by atoms with E-state index in [0.717, 1.165) is 96.3 Å². The second-order valence-electron chi connectivity index (χ2n) is 23.1. The van der Waals surface area contributed by atoms with Crippen LogP contribution in [0.15, 0.2) is 85.1 Å². The lowest BCUT2D eigenvalue weighted by atomic mass is 10.0. The first-order chi connectivity index (χ1) is 39.5. The fourth-order valence-electron chi connectivity index (χ4n) is 9.93. The van der Waals surface area contributed by atoms with Crippen molar-refractivity contribution in [3.8, 4) is 0 Å². The van der Waals surface area contributed by atoms with E-state index in [0.29, 0.717) is 19.3 Å². The molecule has 462 valence electrons. The van der Waals surface area contributed by atoms with E-state index in [1.807, 2.05) is 0 Å². The summed E-state index contributed by atoms with van der Waals surface area (Å²) in [6.45, 7) is 6.54. The molecule has 0 N–H and O–H groups in total. The highest BCUT2D eigenvalue weighted by atomic mass is 16.6. The van der Waals surface area contributed by atoms with Gasteiger partial charge in [-0.05, 0) is 116 Å². The molecule has 0 amide bonds. The van der Waals surface area contributed by atoms with E-state index in [1.54, 1.807) is 0 Å². The first-order valence-electron chi connectivity index (χ1n) is 34.6. The molecular weight excluding hydrogens is 985 g/mol. The molecule has 0 radical (unpaired) electrons. The summed E-state index contributed by atoms with van der Waals surface area (Å²) in [6, 6.07) is 0. The van der Waals surface area contributed by atoms with Crippen molar-refractivity contribution in [2.75, 3.05) is 13.2 Å². The minimum atomic E-state index is -0.784. The molecule has 6 nitrogen and oxygen atoms in total. The number of carbonyl (C=O) groups is 3. The third kappa shape index (κ3) is 65.4. The summed E-state index contributed by atoms with van der Waals surface area (Å²) in [5.41, 5.74) is 0. The zero-order valence-electron chi connectivity index (χ0n) is 53.1. The van der Waals surface area contributed by atoms with Gasteiger partial charge in [0.1, 0.15) is 13.2 Å². The molecule has 0 heterocycles. The summed E-state index contributed by atoms with van der Waals surface area (Å²) in [4.78, 5) is 38.4. The molecule has 0 aliphatic carbocycles. The lowest BCUT2D eigenvalue weighted by Gasteiger charge is -2.18. The number of rotatable bonds is 63. The third-order valence-electron chi connectivity index (χ3n) is 15.1. The largest absolute Gasteiger partial charge is 0.462 e. The standard InChI is InChI=1S/C74H130O6/c1-4-7-10-13-16-19-22-25-28-30-32-34-36-37-39-40-42-44-46-49-52-55-58-61-64-67-73(76)79-70-71(69-78-72(75)66-63-60-57-54-51-48-27-24-21-18-15-12-9-6-3)80-74(77)68-65-62-59-56-53-50-47-45-43-41-38-35-33-31-29-26-23-20-17-14-11-8-5-2/h8,11,17,20,22,24-27,29-30,32-33,35,71H,4-7,9-10,12-16,18-19,21,23,28,31,34,36-70H2,1-3H3/b11-8-,20-17-,25-22-,27-24-,29-26-,32-30-,35-33-. The summed E-state index contributed by atoms with van der Waals surface area (Å²) < 4.78 is 17.0. The van der Waals surface area contributed by atoms with Crippen LogP contribution in [0.4, 0.5) is 0 Å². The van der Waals surface area contributed by atoms with Crippen LogP contribution in [0.25, 0.3) is 0 Å². The first kappa shape index (κ1) is 76.6. The molecule has 0 fully saturated rings. The molecule has 0 saturated carbocycles. The Morgan fingerprint density at radius 2 is 0.487 bits per heavy atom. The van der Waals surface area contributed by atoms with Crippen molar-refractivity contribution in [3.63, 3.8) is 0 Å². The SMILES string of the molecule is CC/C=C\C/C=C\C/C=C\C/C=C\CCCCCCCCCCCCC(=O)OC(COC(=O)CCCCCCC/C=C\CCCCCCC)COC(=O)CCCCCCCCCCCCCCC/C=C\C/C=C\CCCCCCC. The summed E-state index contributed by atoms with van der Waals surface area (Å²) >= 11 is 0. The fourth-order valence-corrected chi connectivity index (χ4v) is 9.93. The zero-order valence-corrected chi connectivity index (χ0v) is 53.1. The number of hydrogen-bond donors (Lipinski definition) is 0. The normalized spacial score (nSPS) is 12.6. The van der Waals surface area contributed by atoms with Crippen LogP contribution in [0.1, 0.15) is 348 Å². The molecule has 0 aromatic rings. The number of carbonyl (C=O) groups excluding carboxylic acids is 3. The second-order valence-corrected chi connectivity index (χ2v) is 23.1. The summed E-state index contributed by atoms with van der Waals surface area (Å²) in [5, 5.41) is 0. The minimum Gasteiger partial charge on any atom is -0.462 e. The Morgan fingerprint density at radius 1 is 0.263 bits per heavy atom. The lowest BCUT2D eigenvalue weighted by molar-refractivity contribution is -0.167. The van der Waals surface area contributed by atoms with Gasteiger partial charge in [-0.1, -0.05) is 298 Å². The quantitative estimate of drug-likeness (QED) is 0.0261. The van der Waals surface area contributed by atoms with E-state index in [2.05, 4.69) is 106 Å². The van der Waals surface area contributed by atoms with Crippen LogP contribution in [0.3, 0.4) is 0 Å². The topological polar surface area (TPSA) is 78.9 Å². The predicted molar refractivity (Wildman–Crippen MR) is 348 cm³/mol. The third-order valence-corrected chi connectivity index (χ3v) is 15.1. The first-order valence-corrected chi connectivity index (χ1v) is 34.6. The number of unbranched alkanes of at least 4 members (excludes halogenated alkanes) is 38. The monoisotopic (exact) mass is 1110 g/mol.